The number of anilines is 2. The summed E-state index contributed by atoms with van der Waals surface area (Å²) < 4.78 is 111. The molecule has 2 amide bonds. The molecule has 0 atom stereocenters. The van der Waals surface area contributed by atoms with Gasteiger partial charge < -0.3 is 10.6 Å². The number of carbonyl (C=O) groups is 2. The molecule has 1 aromatic heterocycles. The summed E-state index contributed by atoms with van der Waals surface area (Å²) in [5, 5.41) is 9.23. The maximum atomic E-state index is 13.8. The SMILES string of the molecule is CC1CCN(S(=O)(=O)c2cccc(-c3nn(-c4ccccc4)cc3C=C(C(=O)Nc3cccc(C(F)(F)F)c3)C(=O)Nc3cccc(C(F)(F)F)c3)c2)CC1. The molecule has 286 valence electrons. The molecule has 6 rings (SSSR count). The molecule has 0 spiro atoms. The first-order chi connectivity index (χ1) is 26.0. The molecule has 1 saturated heterocycles. The number of benzene rings is 4. The molecule has 0 aliphatic carbocycles. The summed E-state index contributed by atoms with van der Waals surface area (Å²) in [6.07, 6.45) is -5.58. The minimum Gasteiger partial charge on any atom is -0.322 e. The van der Waals surface area contributed by atoms with Crippen molar-refractivity contribution < 1.29 is 44.3 Å². The molecule has 2 N–H and O–H groups in total. The highest BCUT2D eigenvalue weighted by molar-refractivity contribution is 7.89. The van der Waals surface area contributed by atoms with Crippen LogP contribution >= 0.6 is 0 Å². The Kier molecular flexibility index (Phi) is 11.0. The van der Waals surface area contributed by atoms with Gasteiger partial charge in [-0.15, -0.1) is 0 Å². The molecule has 9 nitrogen and oxygen atoms in total. The van der Waals surface area contributed by atoms with Crippen molar-refractivity contribution in [3.05, 3.63) is 132 Å². The van der Waals surface area contributed by atoms with Crippen molar-refractivity contribution >= 4 is 39.3 Å². The highest BCUT2D eigenvalue weighted by Crippen LogP contribution is 2.34. The molecule has 5 aromatic rings. The lowest BCUT2D eigenvalue weighted by Crippen LogP contribution is -2.37. The molecule has 0 unspecified atom stereocenters. The number of carbonyl (C=O) groups excluding carboxylic acids is 2. The Morgan fingerprint density at radius 3 is 1.84 bits per heavy atom. The minimum atomic E-state index is -4.75. The van der Waals surface area contributed by atoms with Crippen LogP contribution in [0.3, 0.4) is 0 Å². The summed E-state index contributed by atoms with van der Waals surface area (Å²) in [6, 6.07) is 21.9. The zero-order chi connectivity index (χ0) is 39.5. The van der Waals surface area contributed by atoms with E-state index in [2.05, 4.69) is 22.7 Å². The second-order valence-electron chi connectivity index (χ2n) is 13.0. The third kappa shape index (κ3) is 9.15. The van der Waals surface area contributed by atoms with E-state index in [4.69, 9.17) is 0 Å². The van der Waals surface area contributed by atoms with Crippen LogP contribution in [0.25, 0.3) is 23.0 Å². The van der Waals surface area contributed by atoms with Crippen LogP contribution in [0.5, 0.6) is 0 Å². The fraction of sp³-hybridized carbons (Fsp3) is 0.205. The maximum absolute atomic E-state index is 13.8. The predicted molar refractivity (Wildman–Crippen MR) is 194 cm³/mol. The summed E-state index contributed by atoms with van der Waals surface area (Å²) in [4.78, 5) is 27.6. The second kappa shape index (κ2) is 15.5. The number of nitrogens with one attached hydrogen (secondary N) is 2. The fourth-order valence-corrected chi connectivity index (χ4v) is 7.46. The van der Waals surface area contributed by atoms with Crippen molar-refractivity contribution in [3.63, 3.8) is 0 Å². The van der Waals surface area contributed by atoms with Crippen molar-refractivity contribution in [3.8, 4) is 16.9 Å². The molecule has 55 heavy (non-hydrogen) atoms. The van der Waals surface area contributed by atoms with E-state index in [1.165, 1.54) is 45.5 Å². The lowest BCUT2D eigenvalue weighted by Gasteiger charge is -2.29. The maximum Gasteiger partial charge on any atom is 0.416 e. The number of aromatic nitrogens is 2. The summed E-state index contributed by atoms with van der Waals surface area (Å²) >= 11 is 0. The van der Waals surface area contributed by atoms with Gasteiger partial charge in [-0.25, -0.2) is 13.1 Å². The lowest BCUT2D eigenvalue weighted by molar-refractivity contribution is -0.138. The monoisotopic (exact) mass is 781 g/mol. The predicted octanol–water partition coefficient (Wildman–Crippen LogP) is 8.66. The Bertz CT molecular complexity index is 2280. The van der Waals surface area contributed by atoms with Crippen LogP contribution in [-0.2, 0) is 32.0 Å². The van der Waals surface area contributed by atoms with Gasteiger partial charge in [-0.3, -0.25) is 9.59 Å². The molecule has 0 saturated carbocycles. The minimum absolute atomic E-state index is 0.0199. The Balaban J connectivity index is 1.46. The number of halogens is 6. The zero-order valence-electron chi connectivity index (χ0n) is 29.0. The zero-order valence-corrected chi connectivity index (χ0v) is 29.8. The Morgan fingerprint density at radius 2 is 1.29 bits per heavy atom. The van der Waals surface area contributed by atoms with E-state index in [1.54, 1.807) is 36.4 Å². The molecule has 0 bridgehead atoms. The first-order valence-electron chi connectivity index (χ1n) is 16.9. The molecule has 0 radical (unpaired) electrons. The summed E-state index contributed by atoms with van der Waals surface area (Å²) in [7, 11) is -3.93. The van der Waals surface area contributed by atoms with Crippen LogP contribution in [0.15, 0.2) is 120 Å². The standard InChI is InChI=1S/C39H33F6N5O4S/c1-25-16-18-49(19-17-25)55(53,54)33-15-5-8-26(20-33)35-27(24-50(48-35)32-13-3-2-4-14-32)21-34(36(51)46-30-11-6-9-28(22-30)38(40,41)42)37(52)47-31-12-7-10-29(23-31)39(43,44)45/h2-15,20-25H,16-19H2,1H3,(H,46,51)(H,47,52). The molecular weight excluding hydrogens is 749 g/mol. The van der Waals surface area contributed by atoms with Gasteiger partial charge >= 0.3 is 12.4 Å². The van der Waals surface area contributed by atoms with Crippen LogP contribution < -0.4 is 10.6 Å². The number of hydrogen-bond donors (Lipinski definition) is 2. The normalized spacial score (nSPS) is 14.3. The van der Waals surface area contributed by atoms with Crippen molar-refractivity contribution in [2.24, 2.45) is 5.92 Å². The Hall–Kier alpha value is -5.74. The number of nitrogens with zero attached hydrogens (tertiary/aromatic N) is 3. The summed E-state index contributed by atoms with van der Waals surface area (Å²) in [5.74, 6) is -2.02. The Labute approximate surface area is 312 Å². The van der Waals surface area contributed by atoms with E-state index in [-0.39, 0.29) is 33.1 Å². The molecule has 1 fully saturated rings. The quantitative estimate of drug-likeness (QED) is 0.0673. The number of amides is 2. The van der Waals surface area contributed by atoms with Gasteiger partial charge in [0.2, 0.25) is 10.0 Å². The topological polar surface area (TPSA) is 113 Å². The average molecular weight is 782 g/mol. The number of rotatable bonds is 9. The van der Waals surface area contributed by atoms with Crippen LogP contribution in [0.4, 0.5) is 37.7 Å². The van der Waals surface area contributed by atoms with Crippen LogP contribution in [0.2, 0.25) is 0 Å². The van der Waals surface area contributed by atoms with Gasteiger partial charge in [0.15, 0.2) is 0 Å². The summed E-state index contributed by atoms with van der Waals surface area (Å²) in [5.41, 5.74) is -2.47. The van der Waals surface area contributed by atoms with Gasteiger partial charge in [-0.2, -0.15) is 35.7 Å². The molecule has 16 heteroatoms. The summed E-state index contributed by atoms with van der Waals surface area (Å²) in [6.45, 7) is 2.74. The van der Waals surface area contributed by atoms with E-state index in [0.717, 1.165) is 30.3 Å². The van der Waals surface area contributed by atoms with Gasteiger partial charge in [-0.05, 0) is 85.5 Å². The fourth-order valence-electron chi connectivity index (χ4n) is 5.94. The van der Waals surface area contributed by atoms with Crippen LogP contribution in [0.1, 0.15) is 36.5 Å². The smallest absolute Gasteiger partial charge is 0.322 e. The molecule has 4 aromatic carbocycles. The van der Waals surface area contributed by atoms with Crippen molar-refractivity contribution in [1.82, 2.24) is 14.1 Å². The van der Waals surface area contributed by atoms with Gasteiger partial charge in [0.1, 0.15) is 11.3 Å². The van der Waals surface area contributed by atoms with Crippen LogP contribution in [-0.4, -0.2) is 47.4 Å². The van der Waals surface area contributed by atoms with E-state index in [0.29, 0.717) is 49.7 Å². The van der Waals surface area contributed by atoms with Crippen molar-refractivity contribution in [2.75, 3.05) is 23.7 Å². The first kappa shape index (κ1) is 39.0. The van der Waals surface area contributed by atoms with E-state index in [1.807, 2.05) is 0 Å². The average Bonchev–Trinajstić information content (AvgIpc) is 3.58. The number of para-hydroxylation sites is 1. The van der Waals surface area contributed by atoms with E-state index in [9.17, 15) is 44.3 Å². The largest absolute Gasteiger partial charge is 0.416 e. The van der Waals surface area contributed by atoms with Crippen molar-refractivity contribution in [2.45, 2.75) is 37.0 Å². The highest BCUT2D eigenvalue weighted by atomic mass is 32.2. The van der Waals surface area contributed by atoms with Gasteiger partial charge in [0.05, 0.1) is 21.7 Å². The first-order valence-corrected chi connectivity index (χ1v) is 18.4. The number of alkyl halides is 6. The molecule has 1 aliphatic rings. The third-order valence-corrected chi connectivity index (χ3v) is 10.8. The van der Waals surface area contributed by atoms with Crippen molar-refractivity contribution in [1.29, 1.82) is 0 Å². The molecule has 1 aliphatic heterocycles. The van der Waals surface area contributed by atoms with E-state index >= 15 is 0 Å². The lowest BCUT2D eigenvalue weighted by atomic mass is 10.0. The second-order valence-corrected chi connectivity index (χ2v) is 14.9. The van der Waals surface area contributed by atoms with Gasteiger partial charge in [0, 0.05) is 41.8 Å². The molecular formula is C39H33F6N5O4S. The van der Waals surface area contributed by atoms with E-state index < -0.39 is 50.9 Å². The van der Waals surface area contributed by atoms with Gasteiger partial charge in [-0.1, -0.05) is 49.4 Å². The van der Waals surface area contributed by atoms with Crippen LogP contribution in [0, 0.1) is 5.92 Å². The Morgan fingerprint density at radius 1 is 0.745 bits per heavy atom. The third-order valence-electron chi connectivity index (χ3n) is 8.94. The van der Waals surface area contributed by atoms with Gasteiger partial charge in [0.25, 0.3) is 11.8 Å². The number of hydrogen-bond acceptors (Lipinski definition) is 5. The number of piperidine rings is 1. The number of sulfonamides is 1. The molecule has 2 heterocycles. The highest BCUT2D eigenvalue weighted by Gasteiger charge is 2.33.